The molecule has 3 aliphatic heterocycles. The Labute approximate surface area is 215 Å². The van der Waals surface area contributed by atoms with Gasteiger partial charge in [-0.25, -0.2) is 0 Å². The van der Waals surface area contributed by atoms with Gasteiger partial charge in [0.2, 0.25) is 5.91 Å². The molecule has 182 valence electrons. The van der Waals surface area contributed by atoms with Crippen molar-refractivity contribution in [2.75, 3.05) is 13.1 Å². The minimum absolute atomic E-state index is 0.00627. The van der Waals surface area contributed by atoms with Gasteiger partial charge >= 0.3 is 0 Å². The summed E-state index contributed by atoms with van der Waals surface area (Å²) in [5.41, 5.74) is 8.22. The first-order valence-electron chi connectivity index (χ1n) is 12.4. The number of amides is 2. The molecule has 36 heavy (non-hydrogen) atoms. The number of nitrogens with zero attached hydrogens (tertiary/aromatic N) is 4. The Hall–Kier alpha value is -3.51. The van der Waals surface area contributed by atoms with Crippen molar-refractivity contribution in [3.8, 4) is 0 Å². The van der Waals surface area contributed by atoms with Crippen molar-refractivity contribution >= 4 is 29.1 Å². The number of aromatic nitrogens is 1. The van der Waals surface area contributed by atoms with Crippen LogP contribution in [0.3, 0.4) is 0 Å². The summed E-state index contributed by atoms with van der Waals surface area (Å²) >= 11 is 6.11. The lowest BCUT2D eigenvalue weighted by molar-refractivity contribution is -0.135. The van der Waals surface area contributed by atoms with E-state index in [1.165, 1.54) is 11.1 Å². The zero-order valence-electron chi connectivity index (χ0n) is 20.2. The van der Waals surface area contributed by atoms with Crippen LogP contribution in [0.1, 0.15) is 56.7 Å². The lowest BCUT2D eigenvalue weighted by Crippen LogP contribution is -2.52. The number of aryl methyl sites for hydroxylation is 1. The maximum atomic E-state index is 13.2. The van der Waals surface area contributed by atoms with Crippen molar-refractivity contribution in [2.45, 2.75) is 45.3 Å². The van der Waals surface area contributed by atoms with Crippen molar-refractivity contribution in [2.24, 2.45) is 4.99 Å². The first-order chi connectivity index (χ1) is 17.5. The second kappa shape index (κ2) is 9.17. The quantitative estimate of drug-likeness (QED) is 0.530. The van der Waals surface area contributed by atoms with Crippen molar-refractivity contribution in [3.05, 3.63) is 98.8 Å². The predicted octanol–water partition coefficient (Wildman–Crippen LogP) is 4.58. The topological polar surface area (TPSA) is 65.9 Å². The fourth-order valence-corrected chi connectivity index (χ4v) is 5.85. The molecule has 2 amide bonds. The maximum absolute atomic E-state index is 13.2. The maximum Gasteiger partial charge on any atom is 0.253 e. The molecule has 1 saturated heterocycles. The summed E-state index contributed by atoms with van der Waals surface area (Å²) in [7, 11) is 0. The molecule has 6 nitrogen and oxygen atoms in total. The zero-order valence-corrected chi connectivity index (χ0v) is 21.0. The Balaban J connectivity index is 1.24. The molecule has 0 bridgehead atoms. The summed E-state index contributed by atoms with van der Waals surface area (Å²) in [5, 5.41) is 0.551. The largest absolute Gasteiger partial charge is 0.337 e. The number of rotatable bonds is 3. The van der Waals surface area contributed by atoms with Gasteiger partial charge in [-0.05, 0) is 72.9 Å². The summed E-state index contributed by atoms with van der Waals surface area (Å²) < 4.78 is 0. The van der Waals surface area contributed by atoms with E-state index >= 15 is 0 Å². The first-order valence-corrected chi connectivity index (χ1v) is 12.8. The highest BCUT2D eigenvalue weighted by molar-refractivity contribution is 6.31. The van der Waals surface area contributed by atoms with Crippen LogP contribution in [0.5, 0.6) is 0 Å². The van der Waals surface area contributed by atoms with Crippen LogP contribution in [0, 0.1) is 6.92 Å². The van der Waals surface area contributed by atoms with Crippen LogP contribution < -0.4 is 0 Å². The van der Waals surface area contributed by atoms with Crippen LogP contribution in [0.15, 0.2) is 59.7 Å². The minimum Gasteiger partial charge on any atom is -0.337 e. The third kappa shape index (κ3) is 4.20. The molecule has 0 aliphatic carbocycles. The van der Waals surface area contributed by atoms with Gasteiger partial charge in [-0.15, -0.1) is 0 Å². The van der Waals surface area contributed by atoms with E-state index < -0.39 is 0 Å². The first kappa shape index (κ1) is 22.9. The average Bonchev–Trinajstić information content (AvgIpc) is 3.29. The Morgan fingerprint density at radius 1 is 1.08 bits per heavy atom. The SMILES string of the molecule is Cc1cc(C2=NCc3cc4c(cc32)CN([C@@H]2CCCN(C(=O)c3cccc(Cl)c3)C2)C(=O)C4)ccn1. The molecule has 7 heteroatoms. The van der Waals surface area contributed by atoms with E-state index in [1.54, 1.807) is 24.3 Å². The van der Waals surface area contributed by atoms with Gasteiger partial charge in [0.1, 0.15) is 0 Å². The van der Waals surface area contributed by atoms with Crippen LogP contribution in [-0.2, 0) is 24.3 Å². The van der Waals surface area contributed by atoms with Gasteiger partial charge in [-0.2, -0.15) is 0 Å². The molecule has 3 aromatic rings. The van der Waals surface area contributed by atoms with Gasteiger partial charge in [-0.3, -0.25) is 19.6 Å². The normalized spacial score (nSPS) is 19.1. The van der Waals surface area contributed by atoms with Crippen LogP contribution in [-0.4, -0.2) is 51.4 Å². The number of pyridine rings is 1. The lowest BCUT2D eigenvalue weighted by Gasteiger charge is -2.41. The monoisotopic (exact) mass is 498 g/mol. The average molecular weight is 499 g/mol. The van der Waals surface area contributed by atoms with Crippen molar-refractivity contribution in [3.63, 3.8) is 0 Å². The van der Waals surface area contributed by atoms with Gasteiger partial charge in [0.15, 0.2) is 0 Å². The molecule has 2 aromatic carbocycles. The molecule has 1 fully saturated rings. The highest BCUT2D eigenvalue weighted by atomic mass is 35.5. The Bertz CT molecular complexity index is 1420. The second-order valence-electron chi connectivity index (χ2n) is 9.88. The van der Waals surface area contributed by atoms with E-state index in [-0.39, 0.29) is 17.9 Å². The number of carbonyl (C=O) groups is 2. The van der Waals surface area contributed by atoms with E-state index in [9.17, 15) is 9.59 Å². The van der Waals surface area contributed by atoms with Crippen molar-refractivity contribution in [1.82, 2.24) is 14.8 Å². The molecule has 0 N–H and O–H groups in total. The smallest absolute Gasteiger partial charge is 0.253 e. The standard InChI is InChI=1S/C29H27ClN4O2/c1-18-10-19(7-8-31-18)28-26-13-23-16-34(27(35)14-21(23)11-22(26)15-32-28)25-6-3-9-33(17-25)29(36)20-4-2-5-24(30)12-20/h2,4-5,7-8,10-13,25H,3,6,9,14-17H2,1H3/t25-/m1/s1. The number of halogens is 1. The highest BCUT2D eigenvalue weighted by Gasteiger charge is 2.34. The van der Waals surface area contributed by atoms with Crippen LogP contribution in [0.2, 0.25) is 5.02 Å². The molecule has 0 saturated carbocycles. The fraction of sp³-hybridized carbons (Fsp3) is 0.310. The minimum atomic E-state index is -0.0293. The number of likely N-dealkylation sites (tertiary alicyclic amines) is 1. The van der Waals surface area contributed by atoms with E-state index in [4.69, 9.17) is 16.6 Å². The van der Waals surface area contributed by atoms with Gasteiger partial charge in [0, 0.05) is 59.3 Å². The predicted molar refractivity (Wildman–Crippen MR) is 139 cm³/mol. The molecule has 1 atom stereocenters. The molecule has 0 radical (unpaired) electrons. The number of hydrogen-bond donors (Lipinski definition) is 0. The summed E-state index contributed by atoms with van der Waals surface area (Å²) in [6.45, 7) is 4.43. The number of hydrogen-bond acceptors (Lipinski definition) is 4. The van der Waals surface area contributed by atoms with Crippen LogP contribution >= 0.6 is 11.6 Å². The van der Waals surface area contributed by atoms with Gasteiger partial charge in [0.25, 0.3) is 5.91 Å². The van der Waals surface area contributed by atoms with Gasteiger partial charge < -0.3 is 9.80 Å². The Morgan fingerprint density at radius 3 is 2.81 bits per heavy atom. The van der Waals surface area contributed by atoms with E-state index in [0.29, 0.717) is 43.2 Å². The number of benzene rings is 2. The molecule has 0 spiro atoms. The van der Waals surface area contributed by atoms with Gasteiger partial charge in [-0.1, -0.05) is 23.7 Å². The molecule has 0 unspecified atom stereocenters. The third-order valence-electron chi connectivity index (χ3n) is 7.46. The third-order valence-corrected chi connectivity index (χ3v) is 7.69. The molecule has 6 rings (SSSR count). The summed E-state index contributed by atoms with van der Waals surface area (Å²) in [6, 6.07) is 15.5. The molecular formula is C29H27ClN4O2. The van der Waals surface area contributed by atoms with Crippen LogP contribution in [0.4, 0.5) is 0 Å². The second-order valence-corrected chi connectivity index (χ2v) is 10.3. The Kier molecular flexibility index (Phi) is 5.84. The van der Waals surface area contributed by atoms with Crippen molar-refractivity contribution in [1.29, 1.82) is 0 Å². The summed E-state index contributed by atoms with van der Waals surface area (Å²) in [6.07, 6.45) is 3.99. The Morgan fingerprint density at radius 2 is 1.97 bits per heavy atom. The molecule has 4 heterocycles. The fourth-order valence-electron chi connectivity index (χ4n) is 5.66. The van der Waals surface area contributed by atoms with E-state index in [2.05, 4.69) is 23.2 Å². The van der Waals surface area contributed by atoms with E-state index in [0.717, 1.165) is 40.9 Å². The molecule has 3 aliphatic rings. The summed E-state index contributed by atoms with van der Waals surface area (Å²) in [5.74, 6) is 0.103. The van der Waals surface area contributed by atoms with Crippen LogP contribution in [0.25, 0.3) is 0 Å². The van der Waals surface area contributed by atoms with E-state index in [1.807, 2.05) is 29.0 Å². The zero-order chi connectivity index (χ0) is 24.8. The summed E-state index contributed by atoms with van der Waals surface area (Å²) in [4.78, 5) is 39.3. The van der Waals surface area contributed by atoms with Gasteiger partial charge in [0.05, 0.1) is 18.7 Å². The van der Waals surface area contributed by atoms with Crippen molar-refractivity contribution < 1.29 is 9.59 Å². The highest BCUT2D eigenvalue weighted by Crippen LogP contribution is 2.32. The number of carbonyl (C=O) groups excluding carboxylic acids is 2. The number of fused-ring (bicyclic) bond motifs is 2. The number of piperidine rings is 1. The number of aliphatic imine (C=N–C) groups is 1. The molecular weight excluding hydrogens is 472 g/mol. The lowest BCUT2D eigenvalue weighted by atomic mass is 9.90. The molecule has 1 aromatic heterocycles.